The van der Waals surface area contributed by atoms with Crippen LogP contribution in [-0.2, 0) is 13.2 Å². The maximum Gasteiger partial charge on any atom is 0.274 e. The predicted molar refractivity (Wildman–Crippen MR) is 151 cm³/mol. The lowest BCUT2D eigenvalue weighted by Gasteiger charge is -2.09. The summed E-state index contributed by atoms with van der Waals surface area (Å²) in [6, 6.07) is 24.2. The summed E-state index contributed by atoms with van der Waals surface area (Å²) in [5, 5.41) is 3.86. The molecule has 0 radical (unpaired) electrons. The molecule has 192 valence electrons. The number of hydrogen-bond acceptors (Lipinski definition) is 3. The van der Waals surface area contributed by atoms with Crippen LogP contribution >= 0.6 is 12.4 Å². The Labute approximate surface area is 224 Å². The molecule has 0 aliphatic rings. The first-order chi connectivity index (χ1) is 18.0. The van der Waals surface area contributed by atoms with Gasteiger partial charge in [-0.05, 0) is 66.9 Å². The van der Waals surface area contributed by atoms with Gasteiger partial charge in [-0.25, -0.2) is 9.37 Å². The molecule has 0 amide bonds. The fourth-order valence-corrected chi connectivity index (χ4v) is 4.75. The molecule has 0 aliphatic carbocycles. The standard InChI is InChI=1S/C30H25FN4O2.ClH/c1-3-35-30(36)25-15-12-23(17-26(25)33-35)28-19(2)32-29-27(5-4-16-34(28)29)37-18-20-6-8-21(9-7-20)22-10-13-24(31)14-11-22;/h4-17,33H,3,18H2,1-2H3;1H. The average Bonchev–Trinajstić information content (AvgIpc) is 3.43. The Bertz CT molecular complexity index is 1800. The summed E-state index contributed by atoms with van der Waals surface area (Å²) < 4.78 is 23.0. The smallest absolute Gasteiger partial charge is 0.274 e. The Morgan fingerprint density at radius 1 is 0.947 bits per heavy atom. The number of H-pyrrole nitrogens is 1. The summed E-state index contributed by atoms with van der Waals surface area (Å²) >= 11 is 0. The van der Waals surface area contributed by atoms with Crippen LogP contribution in [0.15, 0.2) is 89.9 Å². The molecule has 0 aliphatic heterocycles. The van der Waals surface area contributed by atoms with Crippen LogP contribution in [-0.4, -0.2) is 19.2 Å². The SMILES string of the molecule is CCn1[nH]c2cc(-c3c(C)nc4c(OCc5ccc(-c6ccc(F)cc6)cc5)cccn34)ccc2c1=O.Cl. The quantitative estimate of drug-likeness (QED) is 0.259. The maximum absolute atomic E-state index is 13.2. The molecule has 0 spiro atoms. The molecule has 1 N–H and O–H groups in total. The van der Waals surface area contributed by atoms with E-state index in [0.29, 0.717) is 24.3 Å². The van der Waals surface area contributed by atoms with Crippen molar-refractivity contribution in [2.24, 2.45) is 0 Å². The van der Waals surface area contributed by atoms with Crippen molar-refractivity contribution < 1.29 is 9.13 Å². The van der Waals surface area contributed by atoms with Crippen LogP contribution in [0.3, 0.4) is 0 Å². The Kier molecular flexibility index (Phi) is 6.78. The van der Waals surface area contributed by atoms with Crippen LogP contribution in [0.2, 0.25) is 0 Å². The van der Waals surface area contributed by atoms with E-state index < -0.39 is 0 Å². The summed E-state index contributed by atoms with van der Waals surface area (Å²) in [6.45, 7) is 4.90. The van der Waals surface area contributed by atoms with Crippen LogP contribution in [0.25, 0.3) is 38.9 Å². The molecule has 38 heavy (non-hydrogen) atoms. The zero-order valence-corrected chi connectivity index (χ0v) is 21.8. The second-order valence-corrected chi connectivity index (χ2v) is 9.03. The lowest BCUT2D eigenvalue weighted by atomic mass is 10.0. The Hall–Kier alpha value is -4.36. The molecule has 3 aromatic carbocycles. The first kappa shape index (κ1) is 25.3. The number of nitrogens with one attached hydrogen (secondary N) is 1. The van der Waals surface area contributed by atoms with Gasteiger partial charge in [0.25, 0.3) is 5.56 Å². The first-order valence-corrected chi connectivity index (χ1v) is 12.2. The van der Waals surface area contributed by atoms with Gasteiger partial charge in [0.05, 0.1) is 22.3 Å². The molecule has 8 heteroatoms. The van der Waals surface area contributed by atoms with Crippen molar-refractivity contribution in [1.82, 2.24) is 19.2 Å². The number of halogens is 2. The molecule has 6 aromatic rings. The van der Waals surface area contributed by atoms with E-state index in [1.807, 2.05) is 79.0 Å². The van der Waals surface area contributed by atoms with E-state index in [0.717, 1.165) is 44.8 Å². The van der Waals surface area contributed by atoms with Gasteiger partial charge in [-0.15, -0.1) is 12.4 Å². The number of rotatable bonds is 6. The van der Waals surface area contributed by atoms with Gasteiger partial charge in [0, 0.05) is 18.3 Å². The third kappa shape index (κ3) is 4.46. The number of imidazole rings is 1. The minimum absolute atomic E-state index is 0. The van der Waals surface area contributed by atoms with E-state index >= 15 is 0 Å². The van der Waals surface area contributed by atoms with Gasteiger partial charge in [0.1, 0.15) is 12.4 Å². The monoisotopic (exact) mass is 528 g/mol. The predicted octanol–water partition coefficient (Wildman–Crippen LogP) is 6.78. The number of benzene rings is 3. The third-order valence-corrected chi connectivity index (χ3v) is 6.65. The van der Waals surface area contributed by atoms with Gasteiger partial charge < -0.3 is 4.74 Å². The minimum Gasteiger partial charge on any atom is -0.485 e. The highest BCUT2D eigenvalue weighted by Gasteiger charge is 2.16. The zero-order chi connectivity index (χ0) is 25.5. The lowest BCUT2D eigenvalue weighted by molar-refractivity contribution is 0.308. The number of fused-ring (bicyclic) bond motifs is 2. The second kappa shape index (κ2) is 10.2. The van der Waals surface area contributed by atoms with E-state index in [2.05, 4.69) is 5.10 Å². The Morgan fingerprint density at radius 3 is 2.34 bits per heavy atom. The summed E-state index contributed by atoms with van der Waals surface area (Å²) in [5.74, 6) is 0.442. The van der Waals surface area contributed by atoms with Gasteiger partial charge in [-0.2, -0.15) is 0 Å². The highest BCUT2D eigenvalue weighted by molar-refractivity contribution is 5.85. The molecule has 0 atom stereocenters. The number of aryl methyl sites for hydroxylation is 2. The highest BCUT2D eigenvalue weighted by atomic mass is 35.5. The van der Waals surface area contributed by atoms with Crippen molar-refractivity contribution in [1.29, 1.82) is 0 Å². The van der Waals surface area contributed by atoms with E-state index in [4.69, 9.17) is 9.72 Å². The number of aromatic amines is 1. The fourth-order valence-electron chi connectivity index (χ4n) is 4.75. The van der Waals surface area contributed by atoms with Gasteiger partial charge in [0.2, 0.25) is 0 Å². The van der Waals surface area contributed by atoms with Crippen molar-refractivity contribution >= 4 is 29.0 Å². The van der Waals surface area contributed by atoms with Crippen LogP contribution in [0, 0.1) is 12.7 Å². The molecule has 6 rings (SSSR count). The van der Waals surface area contributed by atoms with Gasteiger partial charge in [-0.3, -0.25) is 19.0 Å². The van der Waals surface area contributed by atoms with Gasteiger partial charge >= 0.3 is 0 Å². The Morgan fingerprint density at radius 2 is 1.63 bits per heavy atom. The fraction of sp³-hybridized carbons (Fsp3) is 0.133. The van der Waals surface area contributed by atoms with Crippen molar-refractivity contribution in [2.75, 3.05) is 0 Å². The molecule has 0 bridgehead atoms. The zero-order valence-electron chi connectivity index (χ0n) is 20.9. The Balaban J connectivity index is 0.00000294. The van der Waals surface area contributed by atoms with E-state index in [9.17, 15) is 9.18 Å². The molecule has 0 saturated carbocycles. The third-order valence-electron chi connectivity index (χ3n) is 6.65. The molecular weight excluding hydrogens is 503 g/mol. The number of pyridine rings is 1. The van der Waals surface area contributed by atoms with Crippen LogP contribution in [0.5, 0.6) is 5.75 Å². The minimum atomic E-state index is -0.244. The number of ether oxygens (including phenoxy) is 1. The average molecular weight is 529 g/mol. The molecule has 3 aromatic heterocycles. The van der Waals surface area contributed by atoms with Crippen LogP contribution in [0.1, 0.15) is 18.2 Å². The van der Waals surface area contributed by atoms with Crippen molar-refractivity contribution in [2.45, 2.75) is 27.0 Å². The lowest BCUT2D eigenvalue weighted by Crippen LogP contribution is -2.14. The number of aromatic nitrogens is 4. The summed E-state index contributed by atoms with van der Waals surface area (Å²) in [7, 11) is 0. The van der Waals surface area contributed by atoms with E-state index in [1.54, 1.807) is 16.8 Å². The normalized spacial score (nSPS) is 11.1. The van der Waals surface area contributed by atoms with Crippen molar-refractivity contribution in [3.8, 4) is 28.1 Å². The van der Waals surface area contributed by atoms with E-state index in [-0.39, 0.29) is 23.8 Å². The van der Waals surface area contributed by atoms with Gasteiger partial charge in [0.15, 0.2) is 11.4 Å². The first-order valence-electron chi connectivity index (χ1n) is 12.2. The largest absolute Gasteiger partial charge is 0.485 e. The molecule has 6 nitrogen and oxygen atoms in total. The van der Waals surface area contributed by atoms with Gasteiger partial charge in [-0.1, -0.05) is 42.5 Å². The van der Waals surface area contributed by atoms with Crippen LogP contribution in [0.4, 0.5) is 4.39 Å². The van der Waals surface area contributed by atoms with E-state index in [1.165, 1.54) is 12.1 Å². The van der Waals surface area contributed by atoms with Crippen LogP contribution < -0.4 is 10.3 Å². The van der Waals surface area contributed by atoms with Crippen molar-refractivity contribution in [3.63, 3.8) is 0 Å². The topological polar surface area (TPSA) is 64.3 Å². The summed E-state index contributed by atoms with van der Waals surface area (Å²) in [5.41, 5.74) is 7.32. The number of hydrogen-bond donors (Lipinski definition) is 1. The molecule has 0 saturated heterocycles. The maximum atomic E-state index is 13.2. The summed E-state index contributed by atoms with van der Waals surface area (Å²) in [4.78, 5) is 17.3. The summed E-state index contributed by atoms with van der Waals surface area (Å²) in [6.07, 6.45) is 1.97. The number of nitrogens with zero attached hydrogens (tertiary/aromatic N) is 3. The highest BCUT2D eigenvalue weighted by Crippen LogP contribution is 2.31. The second-order valence-electron chi connectivity index (χ2n) is 9.03. The van der Waals surface area contributed by atoms with Crippen molar-refractivity contribution in [3.05, 3.63) is 112 Å². The molecule has 0 fully saturated rings. The molecular formula is C30H26ClFN4O2. The molecule has 3 heterocycles. The molecule has 0 unspecified atom stereocenters.